The van der Waals surface area contributed by atoms with E-state index >= 15 is 0 Å². The largest absolute Gasteiger partial charge is 0.491 e. The van der Waals surface area contributed by atoms with Crippen LogP contribution in [0.5, 0.6) is 5.75 Å². The molecule has 8 heteroatoms. The van der Waals surface area contributed by atoms with Crippen LogP contribution in [-0.2, 0) is 16.6 Å². The summed E-state index contributed by atoms with van der Waals surface area (Å²) < 4.78 is 33.1. The highest BCUT2D eigenvalue weighted by Gasteiger charge is 2.15. The summed E-state index contributed by atoms with van der Waals surface area (Å²) in [7, 11) is -3.81. The molecule has 0 saturated carbocycles. The number of nitrogens with two attached hydrogens (primary N) is 1. The summed E-state index contributed by atoms with van der Waals surface area (Å²) in [5, 5.41) is 0. The van der Waals surface area contributed by atoms with Gasteiger partial charge in [0.25, 0.3) is 10.0 Å². The van der Waals surface area contributed by atoms with E-state index in [1.54, 1.807) is 24.4 Å². The summed E-state index contributed by atoms with van der Waals surface area (Å²) in [6, 6.07) is 26.1. The van der Waals surface area contributed by atoms with Gasteiger partial charge in [-0.25, -0.2) is 18.1 Å². The van der Waals surface area contributed by atoms with Crippen molar-refractivity contribution in [3.63, 3.8) is 0 Å². The number of guanidine groups is 1. The molecule has 0 aliphatic rings. The van der Waals surface area contributed by atoms with Gasteiger partial charge in [-0.05, 0) is 62.2 Å². The van der Waals surface area contributed by atoms with Crippen LogP contribution in [0.25, 0.3) is 22.4 Å². The van der Waals surface area contributed by atoms with Gasteiger partial charge in [-0.15, -0.1) is 0 Å². The lowest BCUT2D eigenvalue weighted by Crippen LogP contribution is -2.36. The molecule has 4 rings (SSSR count). The second-order valence-corrected chi connectivity index (χ2v) is 10.6. The molecule has 4 aromatic rings. The van der Waals surface area contributed by atoms with Crippen LogP contribution < -0.4 is 15.2 Å². The average Bonchev–Trinajstić information content (AvgIpc) is 2.88. The van der Waals surface area contributed by atoms with Crippen molar-refractivity contribution in [2.24, 2.45) is 10.7 Å². The number of aliphatic imine (C=N–C) groups is 1. The van der Waals surface area contributed by atoms with Crippen molar-refractivity contribution in [2.45, 2.75) is 38.3 Å². The molecule has 0 saturated heterocycles. The Morgan fingerprint density at radius 2 is 1.62 bits per heavy atom. The molecule has 1 aromatic heterocycles. The van der Waals surface area contributed by atoms with Gasteiger partial charge in [-0.1, -0.05) is 60.2 Å². The predicted molar refractivity (Wildman–Crippen MR) is 148 cm³/mol. The second-order valence-electron chi connectivity index (χ2n) is 8.92. The van der Waals surface area contributed by atoms with Gasteiger partial charge < -0.3 is 10.5 Å². The predicted octanol–water partition coefficient (Wildman–Crippen LogP) is 5.30. The monoisotopic (exact) mass is 514 g/mol. The van der Waals surface area contributed by atoms with Crippen LogP contribution in [-0.4, -0.2) is 25.5 Å². The van der Waals surface area contributed by atoms with Gasteiger partial charge >= 0.3 is 0 Å². The van der Waals surface area contributed by atoms with Crippen LogP contribution >= 0.6 is 0 Å². The Labute approximate surface area is 218 Å². The molecule has 37 heavy (non-hydrogen) atoms. The molecular formula is C29H30N4O3S. The molecule has 1 heterocycles. The lowest BCUT2D eigenvalue weighted by Gasteiger charge is -2.14. The molecule has 3 N–H and O–H groups in total. The zero-order valence-corrected chi connectivity index (χ0v) is 21.9. The molecule has 0 unspecified atom stereocenters. The lowest BCUT2D eigenvalue weighted by atomic mass is 9.97. The Hall–Kier alpha value is -4.17. The van der Waals surface area contributed by atoms with E-state index in [0.717, 1.165) is 33.7 Å². The molecule has 190 valence electrons. The third kappa shape index (κ3) is 6.74. The number of nitrogens with zero attached hydrogens (tertiary/aromatic N) is 2. The minimum atomic E-state index is -3.81. The van der Waals surface area contributed by atoms with Crippen molar-refractivity contribution >= 4 is 16.0 Å². The van der Waals surface area contributed by atoms with E-state index in [1.807, 2.05) is 63.2 Å². The van der Waals surface area contributed by atoms with Gasteiger partial charge in [-0.2, -0.15) is 0 Å². The number of hydrogen-bond acceptors (Lipinski definition) is 5. The Balaban J connectivity index is 1.63. The third-order valence-corrected chi connectivity index (χ3v) is 6.90. The van der Waals surface area contributed by atoms with Crippen LogP contribution in [0, 0.1) is 6.92 Å². The van der Waals surface area contributed by atoms with Gasteiger partial charge in [0.05, 0.1) is 23.2 Å². The summed E-state index contributed by atoms with van der Waals surface area (Å²) in [5.41, 5.74) is 11.6. The normalized spacial score (nSPS) is 11.9. The van der Waals surface area contributed by atoms with E-state index in [-0.39, 0.29) is 23.5 Å². The van der Waals surface area contributed by atoms with Gasteiger partial charge in [0.1, 0.15) is 5.75 Å². The van der Waals surface area contributed by atoms with E-state index in [0.29, 0.717) is 0 Å². The zero-order chi connectivity index (χ0) is 26.4. The van der Waals surface area contributed by atoms with Crippen molar-refractivity contribution in [1.29, 1.82) is 0 Å². The molecule has 0 amide bonds. The lowest BCUT2D eigenvalue weighted by molar-refractivity contribution is 0.242. The minimum absolute atomic E-state index is 0.0848. The number of ether oxygens (including phenoxy) is 1. The SMILES string of the molecule is Cc1ccc(-c2ncc(CN=C(N)NS(=O)(=O)c3ccccc3)cc2-c2ccc(OC(C)C)cc2)cc1. The number of sulfonamides is 1. The van der Waals surface area contributed by atoms with Crippen molar-refractivity contribution in [2.75, 3.05) is 0 Å². The molecule has 0 fully saturated rings. The quantitative estimate of drug-likeness (QED) is 0.245. The number of aromatic nitrogens is 1. The maximum atomic E-state index is 12.5. The molecule has 7 nitrogen and oxygen atoms in total. The van der Waals surface area contributed by atoms with Crippen LogP contribution in [0.15, 0.2) is 101 Å². The van der Waals surface area contributed by atoms with Gasteiger partial charge in [0.15, 0.2) is 0 Å². The number of hydrogen-bond donors (Lipinski definition) is 2. The Kier molecular flexibility index (Phi) is 7.89. The Bertz CT molecular complexity index is 1480. The fourth-order valence-corrected chi connectivity index (χ4v) is 4.72. The fraction of sp³-hybridized carbons (Fsp3) is 0.172. The highest BCUT2D eigenvalue weighted by Crippen LogP contribution is 2.32. The first-order chi connectivity index (χ1) is 17.7. The summed E-state index contributed by atoms with van der Waals surface area (Å²) >= 11 is 0. The van der Waals surface area contributed by atoms with Crippen molar-refractivity contribution in [1.82, 2.24) is 9.71 Å². The number of benzene rings is 3. The zero-order valence-electron chi connectivity index (χ0n) is 21.0. The van der Waals surface area contributed by atoms with Crippen molar-refractivity contribution < 1.29 is 13.2 Å². The van der Waals surface area contributed by atoms with Gasteiger partial charge in [0.2, 0.25) is 5.96 Å². The van der Waals surface area contributed by atoms with Crippen LogP contribution in [0.3, 0.4) is 0 Å². The highest BCUT2D eigenvalue weighted by molar-refractivity contribution is 7.90. The molecular weight excluding hydrogens is 484 g/mol. The molecule has 0 aliphatic heterocycles. The fourth-order valence-electron chi connectivity index (χ4n) is 3.75. The molecule has 0 spiro atoms. The molecule has 3 aromatic carbocycles. The van der Waals surface area contributed by atoms with Gasteiger partial charge in [0, 0.05) is 17.3 Å². The van der Waals surface area contributed by atoms with E-state index in [1.165, 1.54) is 17.7 Å². The first kappa shape index (κ1) is 25.9. The average molecular weight is 515 g/mol. The standard InChI is InChI=1S/C29H30N4O3S/c1-20(2)36-25-15-13-23(14-16-25)27-17-22(18-31-28(27)24-11-9-21(3)10-12-24)19-32-29(30)33-37(34,35)26-7-5-4-6-8-26/h4-18,20H,19H2,1-3H3,(H3,30,32,33). The van der Waals surface area contributed by atoms with Crippen LogP contribution in [0.1, 0.15) is 25.0 Å². The number of pyridine rings is 1. The number of aryl methyl sites for hydroxylation is 1. The maximum absolute atomic E-state index is 12.5. The minimum Gasteiger partial charge on any atom is -0.491 e. The molecule has 0 atom stereocenters. The van der Waals surface area contributed by atoms with Crippen LogP contribution in [0.2, 0.25) is 0 Å². The van der Waals surface area contributed by atoms with E-state index in [2.05, 4.69) is 21.8 Å². The van der Waals surface area contributed by atoms with Gasteiger partial charge in [-0.3, -0.25) is 4.98 Å². The first-order valence-electron chi connectivity index (χ1n) is 11.9. The van der Waals surface area contributed by atoms with E-state index in [4.69, 9.17) is 15.5 Å². The van der Waals surface area contributed by atoms with Crippen molar-refractivity contribution in [3.05, 3.63) is 102 Å². The first-order valence-corrected chi connectivity index (χ1v) is 13.4. The Morgan fingerprint density at radius 3 is 2.27 bits per heavy atom. The topological polar surface area (TPSA) is 107 Å². The summed E-state index contributed by atoms with van der Waals surface area (Å²) in [6.45, 7) is 6.18. The molecule has 0 aliphatic carbocycles. The smallest absolute Gasteiger partial charge is 0.264 e. The summed E-state index contributed by atoms with van der Waals surface area (Å²) in [5.74, 6) is 0.603. The van der Waals surface area contributed by atoms with Crippen LogP contribution in [0.4, 0.5) is 0 Å². The maximum Gasteiger partial charge on any atom is 0.264 e. The number of nitrogens with one attached hydrogen (secondary N) is 1. The molecule has 0 radical (unpaired) electrons. The van der Waals surface area contributed by atoms with E-state index in [9.17, 15) is 8.42 Å². The molecule has 0 bridgehead atoms. The summed E-state index contributed by atoms with van der Waals surface area (Å²) in [6.07, 6.45) is 1.82. The van der Waals surface area contributed by atoms with Crippen molar-refractivity contribution in [3.8, 4) is 28.1 Å². The van der Waals surface area contributed by atoms with E-state index < -0.39 is 10.0 Å². The third-order valence-electron chi connectivity index (χ3n) is 5.53. The summed E-state index contributed by atoms with van der Waals surface area (Å²) in [4.78, 5) is 9.11. The Morgan fingerprint density at radius 1 is 0.973 bits per heavy atom. The second kappa shape index (κ2) is 11.3. The highest BCUT2D eigenvalue weighted by atomic mass is 32.2. The number of rotatable bonds is 8.